The zero-order chi connectivity index (χ0) is 26.2. The first kappa shape index (κ1) is 26.9. The molecule has 8 heteroatoms. The number of nitrogens with one attached hydrogen (secondary N) is 1. The summed E-state index contributed by atoms with van der Waals surface area (Å²) in [6.07, 6.45) is 8.41. The fraction of sp³-hybridized carbons (Fsp3) is 0.414. The average molecular weight is 522 g/mol. The van der Waals surface area contributed by atoms with Crippen LogP contribution in [0.4, 0.5) is 5.69 Å². The fourth-order valence-electron chi connectivity index (χ4n) is 4.99. The van der Waals surface area contributed by atoms with Crippen LogP contribution in [0.25, 0.3) is 0 Å². The highest BCUT2D eigenvalue weighted by Crippen LogP contribution is 2.28. The maximum absolute atomic E-state index is 12.6. The number of carbonyl (C=O) groups excluding carboxylic acids is 1. The molecule has 37 heavy (non-hydrogen) atoms. The molecule has 1 saturated heterocycles. The zero-order valence-electron chi connectivity index (χ0n) is 21.9. The molecule has 3 aromatic rings. The molecule has 0 aliphatic carbocycles. The van der Waals surface area contributed by atoms with Crippen LogP contribution in [0.3, 0.4) is 0 Å². The van der Waals surface area contributed by atoms with Crippen LogP contribution in [-0.4, -0.2) is 59.6 Å². The third kappa shape index (κ3) is 6.99. The molecule has 1 fully saturated rings. The van der Waals surface area contributed by atoms with Crippen molar-refractivity contribution in [1.82, 2.24) is 20.2 Å². The first-order chi connectivity index (χ1) is 18.0. The van der Waals surface area contributed by atoms with E-state index >= 15 is 0 Å². The van der Waals surface area contributed by atoms with Gasteiger partial charge < -0.3 is 19.9 Å². The maximum atomic E-state index is 12.6. The zero-order valence-corrected chi connectivity index (χ0v) is 22.6. The minimum absolute atomic E-state index is 0.160. The van der Waals surface area contributed by atoms with Crippen molar-refractivity contribution < 1.29 is 9.53 Å². The molecule has 1 aliphatic rings. The summed E-state index contributed by atoms with van der Waals surface area (Å²) in [5.74, 6) is 0.703. The Labute approximate surface area is 224 Å². The largest absolute Gasteiger partial charge is 0.497 e. The molecule has 7 nitrogen and oxygen atoms in total. The lowest BCUT2D eigenvalue weighted by atomic mass is 9.99. The Hall–Kier alpha value is -3.16. The van der Waals surface area contributed by atoms with Crippen molar-refractivity contribution >= 4 is 23.2 Å². The molecule has 4 rings (SSSR count). The van der Waals surface area contributed by atoms with E-state index in [4.69, 9.17) is 16.3 Å². The lowest BCUT2D eigenvalue weighted by molar-refractivity contribution is 0.0944. The molecule has 0 bridgehead atoms. The standard InChI is InChI=1S/C29H36ClN5O2/c1-21-10-15-32-28(30)27(21)29(36)33-16-11-22(2)34-17-12-25(13-18-34)35(20-23-5-4-14-31-19-23)24-6-8-26(37-3)9-7-24/h4-10,14-15,19,22,25H,11-13,16-18,20H2,1-3H3,(H,33,36)/t22-/m1/s1. The van der Waals surface area contributed by atoms with E-state index in [2.05, 4.69) is 50.2 Å². The van der Waals surface area contributed by atoms with Crippen molar-refractivity contribution in [3.8, 4) is 5.75 Å². The topological polar surface area (TPSA) is 70.6 Å². The van der Waals surface area contributed by atoms with Gasteiger partial charge in [0.15, 0.2) is 0 Å². The number of likely N-dealkylation sites (tertiary alicyclic amines) is 1. The van der Waals surface area contributed by atoms with Crippen molar-refractivity contribution in [3.63, 3.8) is 0 Å². The highest BCUT2D eigenvalue weighted by atomic mass is 35.5. The number of ether oxygens (including phenoxy) is 1. The number of anilines is 1. The van der Waals surface area contributed by atoms with Crippen molar-refractivity contribution in [2.24, 2.45) is 0 Å². The van der Waals surface area contributed by atoms with Gasteiger partial charge >= 0.3 is 0 Å². The molecule has 1 N–H and O–H groups in total. The van der Waals surface area contributed by atoms with E-state index in [1.54, 1.807) is 19.4 Å². The van der Waals surface area contributed by atoms with Crippen molar-refractivity contribution in [1.29, 1.82) is 0 Å². The van der Waals surface area contributed by atoms with Crippen LogP contribution in [0, 0.1) is 6.92 Å². The van der Waals surface area contributed by atoms with E-state index < -0.39 is 0 Å². The lowest BCUT2D eigenvalue weighted by Crippen LogP contribution is -2.48. The normalized spacial score (nSPS) is 15.2. The molecule has 1 amide bonds. The van der Waals surface area contributed by atoms with Crippen LogP contribution in [0.5, 0.6) is 5.75 Å². The van der Waals surface area contributed by atoms with Gasteiger partial charge in [-0.3, -0.25) is 9.78 Å². The molecule has 1 atom stereocenters. The number of amides is 1. The number of benzene rings is 1. The quantitative estimate of drug-likeness (QED) is 0.373. The highest BCUT2D eigenvalue weighted by Gasteiger charge is 2.27. The molecule has 1 aliphatic heterocycles. The van der Waals surface area contributed by atoms with Crippen molar-refractivity contribution in [3.05, 3.63) is 82.9 Å². The summed E-state index contributed by atoms with van der Waals surface area (Å²) >= 11 is 6.14. The monoisotopic (exact) mass is 521 g/mol. The number of aromatic nitrogens is 2. The molecule has 0 radical (unpaired) electrons. The Bertz CT molecular complexity index is 1130. The van der Waals surface area contributed by atoms with Crippen LogP contribution in [-0.2, 0) is 6.54 Å². The van der Waals surface area contributed by atoms with Gasteiger partial charge in [-0.15, -0.1) is 0 Å². The van der Waals surface area contributed by atoms with E-state index in [1.165, 1.54) is 11.3 Å². The van der Waals surface area contributed by atoms with E-state index in [9.17, 15) is 4.79 Å². The van der Waals surface area contributed by atoms with Crippen molar-refractivity contribution in [2.45, 2.75) is 51.7 Å². The van der Waals surface area contributed by atoms with Gasteiger partial charge in [0.25, 0.3) is 5.91 Å². The van der Waals surface area contributed by atoms with Crippen LogP contribution in [0.1, 0.15) is 47.7 Å². The summed E-state index contributed by atoms with van der Waals surface area (Å²) in [5, 5.41) is 3.27. The number of aryl methyl sites for hydroxylation is 1. The number of halogens is 1. The first-order valence-corrected chi connectivity index (χ1v) is 13.3. The number of carbonyl (C=O) groups is 1. The molecule has 1 aromatic carbocycles. The number of hydrogen-bond acceptors (Lipinski definition) is 6. The molecule has 0 saturated carbocycles. The second kappa shape index (κ2) is 12.9. The third-order valence-electron chi connectivity index (χ3n) is 7.23. The number of piperidine rings is 1. The number of nitrogens with zero attached hydrogens (tertiary/aromatic N) is 4. The predicted molar refractivity (Wildman–Crippen MR) is 148 cm³/mol. The lowest BCUT2D eigenvalue weighted by Gasteiger charge is -2.42. The molecular weight excluding hydrogens is 486 g/mol. The predicted octanol–water partition coefficient (Wildman–Crippen LogP) is 5.13. The number of pyridine rings is 2. The van der Waals surface area contributed by atoms with Gasteiger partial charge in [-0.1, -0.05) is 17.7 Å². The van der Waals surface area contributed by atoms with Crippen LogP contribution in [0.2, 0.25) is 5.15 Å². The SMILES string of the molecule is COc1ccc(N(Cc2cccnc2)C2CCN([C@H](C)CCNC(=O)c3c(C)ccnc3Cl)CC2)cc1. The Kier molecular flexibility index (Phi) is 9.36. The molecule has 0 spiro atoms. The fourth-order valence-corrected chi connectivity index (χ4v) is 5.29. The molecule has 0 unspecified atom stereocenters. The molecule has 3 heterocycles. The van der Waals surface area contributed by atoms with Gasteiger partial charge in [-0.05, 0) is 80.6 Å². The van der Waals surface area contributed by atoms with Gasteiger partial charge in [0.2, 0.25) is 0 Å². The first-order valence-electron chi connectivity index (χ1n) is 12.9. The average Bonchev–Trinajstić information content (AvgIpc) is 2.92. The smallest absolute Gasteiger partial charge is 0.254 e. The molecule has 2 aromatic heterocycles. The van der Waals surface area contributed by atoms with Gasteiger partial charge in [0, 0.05) is 62.5 Å². The van der Waals surface area contributed by atoms with E-state index in [-0.39, 0.29) is 11.1 Å². The Morgan fingerprint density at radius 1 is 1.19 bits per heavy atom. The summed E-state index contributed by atoms with van der Waals surface area (Å²) < 4.78 is 5.37. The summed E-state index contributed by atoms with van der Waals surface area (Å²) in [6, 6.07) is 15.1. The van der Waals surface area contributed by atoms with E-state index in [0.717, 1.165) is 50.2 Å². The number of rotatable bonds is 10. The minimum atomic E-state index is -0.160. The van der Waals surface area contributed by atoms with Crippen LogP contribution < -0.4 is 15.0 Å². The van der Waals surface area contributed by atoms with Gasteiger partial charge in [-0.25, -0.2) is 4.98 Å². The second-order valence-electron chi connectivity index (χ2n) is 9.64. The number of methoxy groups -OCH3 is 1. The van der Waals surface area contributed by atoms with Crippen LogP contribution >= 0.6 is 11.6 Å². The summed E-state index contributed by atoms with van der Waals surface area (Å²) in [4.78, 5) is 26.0. The van der Waals surface area contributed by atoms with Gasteiger partial charge in [-0.2, -0.15) is 0 Å². The maximum Gasteiger partial charge on any atom is 0.254 e. The summed E-state index contributed by atoms with van der Waals surface area (Å²) in [5.41, 5.74) is 3.70. The van der Waals surface area contributed by atoms with Gasteiger partial charge in [0.1, 0.15) is 10.9 Å². The van der Waals surface area contributed by atoms with E-state index in [1.807, 2.05) is 37.5 Å². The van der Waals surface area contributed by atoms with Crippen LogP contribution in [0.15, 0.2) is 61.1 Å². The van der Waals surface area contributed by atoms with Gasteiger partial charge in [0.05, 0.1) is 12.7 Å². The van der Waals surface area contributed by atoms with Crippen molar-refractivity contribution in [2.75, 3.05) is 31.6 Å². The van der Waals surface area contributed by atoms with E-state index in [0.29, 0.717) is 24.2 Å². The highest BCUT2D eigenvalue weighted by molar-refractivity contribution is 6.32. The minimum Gasteiger partial charge on any atom is -0.497 e. The Morgan fingerprint density at radius 2 is 1.95 bits per heavy atom. The summed E-state index contributed by atoms with van der Waals surface area (Å²) in [6.45, 7) is 7.58. The third-order valence-corrected chi connectivity index (χ3v) is 7.52. The number of hydrogen-bond donors (Lipinski definition) is 1. The Morgan fingerprint density at radius 3 is 2.59 bits per heavy atom. The molecular formula is C29H36ClN5O2. The molecule has 196 valence electrons. The summed E-state index contributed by atoms with van der Waals surface area (Å²) in [7, 11) is 1.69. The Balaban J connectivity index is 1.32. The second-order valence-corrected chi connectivity index (χ2v) is 10.00.